The molecule has 0 saturated heterocycles. The molecule has 4 aromatic rings. The Bertz CT molecular complexity index is 1010. The van der Waals surface area contributed by atoms with E-state index in [0.29, 0.717) is 11.7 Å². The molecule has 0 saturated carbocycles. The second-order valence-electron chi connectivity index (χ2n) is 6.89. The number of H-pyrrole nitrogens is 1. The molecule has 0 unspecified atom stereocenters. The number of benzene rings is 1. The lowest BCUT2D eigenvalue weighted by atomic mass is 10.1. The topological polar surface area (TPSA) is 85.4 Å². The molecule has 3 N–H and O–H groups in total. The molecule has 0 aliphatic rings. The Hall–Kier alpha value is -2.89. The Morgan fingerprint density at radius 1 is 1.20 bits per heavy atom. The van der Waals surface area contributed by atoms with E-state index in [-0.39, 0.29) is 0 Å². The highest BCUT2D eigenvalue weighted by atomic mass is 15.3. The van der Waals surface area contributed by atoms with Crippen molar-refractivity contribution in [3.8, 4) is 11.3 Å². The van der Waals surface area contributed by atoms with E-state index in [1.165, 1.54) is 6.42 Å². The second kappa shape index (κ2) is 6.20. The maximum Gasteiger partial charge on any atom is 0.152 e. The minimum atomic E-state index is 0.479. The molecule has 0 atom stereocenters. The summed E-state index contributed by atoms with van der Waals surface area (Å²) in [7, 11) is 0. The van der Waals surface area contributed by atoms with E-state index in [1.54, 1.807) is 6.20 Å². The molecule has 0 amide bonds. The molecule has 0 fully saturated rings. The largest absolute Gasteiger partial charge is 0.382 e. The predicted octanol–water partition coefficient (Wildman–Crippen LogP) is 3.99. The van der Waals surface area contributed by atoms with Crippen LogP contribution in [0.3, 0.4) is 0 Å². The molecule has 0 aliphatic heterocycles. The summed E-state index contributed by atoms with van der Waals surface area (Å²) in [5.74, 6) is 1.19. The van der Waals surface area contributed by atoms with Gasteiger partial charge in [-0.1, -0.05) is 26.0 Å². The number of hydrogen-bond acceptors (Lipinski definition) is 4. The van der Waals surface area contributed by atoms with Gasteiger partial charge >= 0.3 is 0 Å². The maximum absolute atomic E-state index is 6.17. The first-order valence-electron chi connectivity index (χ1n) is 8.68. The average Bonchev–Trinajstić information content (AvgIpc) is 3.24. The zero-order valence-corrected chi connectivity index (χ0v) is 14.5. The third-order valence-electron chi connectivity index (χ3n) is 4.51. The lowest BCUT2D eigenvalue weighted by Crippen LogP contribution is -2.00. The molecule has 6 heteroatoms. The van der Waals surface area contributed by atoms with Crippen molar-refractivity contribution in [2.75, 3.05) is 5.73 Å². The average molecular weight is 334 g/mol. The Labute approximate surface area is 146 Å². The van der Waals surface area contributed by atoms with Gasteiger partial charge in [0.1, 0.15) is 5.52 Å². The fraction of sp³-hybridized carbons (Fsp3) is 0.316. The van der Waals surface area contributed by atoms with Crippen molar-refractivity contribution in [3.05, 3.63) is 36.7 Å². The number of nitrogens with one attached hydrogen (secondary N) is 1. The van der Waals surface area contributed by atoms with Crippen LogP contribution in [0.25, 0.3) is 33.1 Å². The molecule has 4 rings (SSSR count). The number of nitrogen functional groups attached to an aromatic ring is 1. The van der Waals surface area contributed by atoms with E-state index in [0.717, 1.165) is 46.0 Å². The van der Waals surface area contributed by atoms with Crippen LogP contribution in [0.15, 0.2) is 36.7 Å². The van der Waals surface area contributed by atoms with Crippen LogP contribution in [0.5, 0.6) is 0 Å². The Balaban J connectivity index is 1.76. The lowest BCUT2D eigenvalue weighted by molar-refractivity contribution is 0.492. The molecule has 25 heavy (non-hydrogen) atoms. The summed E-state index contributed by atoms with van der Waals surface area (Å²) in [5.41, 5.74) is 9.84. The van der Waals surface area contributed by atoms with Crippen LogP contribution in [-0.4, -0.2) is 25.0 Å². The van der Waals surface area contributed by atoms with Gasteiger partial charge in [0.05, 0.1) is 11.2 Å². The zero-order valence-electron chi connectivity index (χ0n) is 14.5. The van der Waals surface area contributed by atoms with E-state index in [2.05, 4.69) is 52.5 Å². The van der Waals surface area contributed by atoms with Gasteiger partial charge in [0.15, 0.2) is 5.82 Å². The number of pyridine rings is 1. The van der Waals surface area contributed by atoms with Gasteiger partial charge < -0.3 is 5.73 Å². The fourth-order valence-electron chi connectivity index (χ4n) is 3.20. The molecule has 128 valence electrons. The number of nitrogens with zero attached hydrogens (tertiary/aromatic N) is 4. The normalized spacial score (nSPS) is 11.8. The molecule has 1 aromatic carbocycles. The number of fused-ring (bicyclic) bond motifs is 3. The molecule has 0 bridgehead atoms. The first-order chi connectivity index (χ1) is 12.1. The van der Waals surface area contributed by atoms with E-state index >= 15 is 0 Å². The summed E-state index contributed by atoms with van der Waals surface area (Å²) in [5, 5.41) is 13.8. The number of aromatic amines is 1. The number of nitrogens with two attached hydrogens (primary N) is 1. The number of hydrogen-bond donors (Lipinski definition) is 2. The van der Waals surface area contributed by atoms with E-state index in [1.807, 2.05) is 16.8 Å². The van der Waals surface area contributed by atoms with Gasteiger partial charge in [-0.05, 0) is 30.9 Å². The van der Waals surface area contributed by atoms with Crippen LogP contribution in [-0.2, 0) is 6.54 Å². The predicted molar refractivity (Wildman–Crippen MR) is 101 cm³/mol. The molecular weight excluding hydrogens is 312 g/mol. The fourth-order valence-corrected chi connectivity index (χ4v) is 3.20. The van der Waals surface area contributed by atoms with Crippen molar-refractivity contribution < 1.29 is 0 Å². The molecule has 3 aromatic heterocycles. The van der Waals surface area contributed by atoms with E-state index in [4.69, 9.17) is 5.73 Å². The molecule has 0 radical (unpaired) electrons. The van der Waals surface area contributed by atoms with E-state index in [9.17, 15) is 0 Å². The Morgan fingerprint density at radius 2 is 2.08 bits per heavy atom. The quantitative estimate of drug-likeness (QED) is 0.578. The lowest BCUT2D eigenvalue weighted by Gasteiger charge is -2.03. The van der Waals surface area contributed by atoms with E-state index < -0.39 is 0 Å². The van der Waals surface area contributed by atoms with Crippen molar-refractivity contribution in [1.82, 2.24) is 25.0 Å². The van der Waals surface area contributed by atoms with Gasteiger partial charge in [-0.2, -0.15) is 10.2 Å². The van der Waals surface area contributed by atoms with Gasteiger partial charge in [-0.25, -0.2) is 4.98 Å². The van der Waals surface area contributed by atoms with Crippen LogP contribution in [0, 0.1) is 5.92 Å². The van der Waals surface area contributed by atoms with Crippen molar-refractivity contribution in [3.63, 3.8) is 0 Å². The first kappa shape index (κ1) is 15.6. The number of aryl methyl sites for hydroxylation is 1. The van der Waals surface area contributed by atoms with Crippen molar-refractivity contribution in [2.24, 2.45) is 5.92 Å². The zero-order chi connectivity index (χ0) is 17.4. The van der Waals surface area contributed by atoms with Crippen molar-refractivity contribution >= 4 is 27.6 Å². The number of aromatic nitrogens is 5. The summed E-state index contributed by atoms with van der Waals surface area (Å²) in [6, 6.07) is 8.13. The van der Waals surface area contributed by atoms with Crippen LogP contribution < -0.4 is 5.73 Å². The highest BCUT2D eigenvalue weighted by Crippen LogP contribution is 2.30. The highest BCUT2D eigenvalue weighted by molar-refractivity contribution is 6.08. The number of rotatable bonds is 5. The third-order valence-corrected chi connectivity index (χ3v) is 4.51. The van der Waals surface area contributed by atoms with Gasteiger partial charge in [-0.3, -0.25) is 9.78 Å². The van der Waals surface area contributed by atoms with Crippen LogP contribution >= 0.6 is 0 Å². The number of anilines is 1. The van der Waals surface area contributed by atoms with Crippen LogP contribution in [0.4, 0.5) is 5.82 Å². The molecule has 6 nitrogen and oxygen atoms in total. The third kappa shape index (κ3) is 2.95. The minimum Gasteiger partial charge on any atom is -0.382 e. The first-order valence-corrected chi connectivity index (χ1v) is 8.68. The van der Waals surface area contributed by atoms with Crippen molar-refractivity contribution in [2.45, 2.75) is 33.2 Å². The van der Waals surface area contributed by atoms with Gasteiger partial charge in [0.2, 0.25) is 0 Å². The molecule has 0 spiro atoms. The van der Waals surface area contributed by atoms with Gasteiger partial charge in [0, 0.05) is 35.3 Å². The van der Waals surface area contributed by atoms with Crippen LogP contribution in [0.2, 0.25) is 0 Å². The smallest absolute Gasteiger partial charge is 0.152 e. The summed E-state index contributed by atoms with van der Waals surface area (Å²) in [4.78, 5) is 4.56. The highest BCUT2D eigenvalue weighted by Gasteiger charge is 2.12. The minimum absolute atomic E-state index is 0.479. The van der Waals surface area contributed by atoms with Gasteiger partial charge in [0.25, 0.3) is 0 Å². The SMILES string of the molecule is CC(C)CCCn1cc2c(n1)c(N)nc1cc(-c3ccn[nH]3)ccc12. The Morgan fingerprint density at radius 3 is 2.84 bits per heavy atom. The molecule has 0 aliphatic carbocycles. The standard InChI is InChI=1S/C19H22N6/c1-12(2)4-3-9-25-11-15-14-6-5-13(16-7-8-21-23-16)10-17(14)22-19(20)18(15)24-25/h5-8,10-12H,3-4,9H2,1-2H3,(H2,20,22)(H,21,23). The van der Waals surface area contributed by atoms with Crippen molar-refractivity contribution in [1.29, 1.82) is 0 Å². The monoisotopic (exact) mass is 334 g/mol. The van der Waals surface area contributed by atoms with Crippen LogP contribution in [0.1, 0.15) is 26.7 Å². The summed E-state index contributed by atoms with van der Waals surface area (Å²) >= 11 is 0. The summed E-state index contributed by atoms with van der Waals surface area (Å²) in [6.07, 6.45) is 6.14. The molecular formula is C19H22N6. The second-order valence-corrected chi connectivity index (χ2v) is 6.89. The molecule has 3 heterocycles. The van der Waals surface area contributed by atoms with Gasteiger partial charge in [-0.15, -0.1) is 0 Å². The summed E-state index contributed by atoms with van der Waals surface area (Å²) in [6.45, 7) is 5.39. The Kier molecular flexibility index (Phi) is 3.87. The maximum atomic E-state index is 6.17. The summed E-state index contributed by atoms with van der Waals surface area (Å²) < 4.78 is 1.99.